The molecule has 3 N–H and O–H groups in total. The van der Waals surface area contributed by atoms with Gasteiger partial charge in [0.05, 0.1) is 0 Å². The monoisotopic (exact) mass is 418 g/mol. The summed E-state index contributed by atoms with van der Waals surface area (Å²) in [6, 6.07) is 19.4. The highest BCUT2D eigenvalue weighted by molar-refractivity contribution is 6.09. The summed E-state index contributed by atoms with van der Waals surface area (Å²) in [6.45, 7) is 1.66. The molecular formula is C26H34N4O. The summed E-state index contributed by atoms with van der Waals surface area (Å²) in [5, 5.41) is 3.23. The number of nitrogens with zero attached hydrogens (tertiary/aromatic N) is 2. The molecule has 31 heavy (non-hydrogen) atoms. The van der Waals surface area contributed by atoms with E-state index in [0.717, 1.165) is 49.9 Å². The Morgan fingerprint density at radius 1 is 1.19 bits per heavy atom. The molecule has 4 rings (SSSR count). The summed E-state index contributed by atoms with van der Waals surface area (Å²) in [4.78, 5) is 18.8. The Hall–Kier alpha value is -3.08. The van der Waals surface area contributed by atoms with Crippen LogP contribution in [0.3, 0.4) is 0 Å². The van der Waals surface area contributed by atoms with Crippen molar-refractivity contribution in [3.05, 3.63) is 77.5 Å². The Kier molecular flexibility index (Phi) is 6.70. The number of nitrogens with one attached hydrogen (secondary N) is 1. The molecular weight excluding hydrogens is 384 g/mol. The van der Waals surface area contributed by atoms with E-state index in [4.69, 9.17) is 5.73 Å². The smallest absolute Gasteiger partial charge is 0.317 e. The molecule has 1 aliphatic carbocycles. The Labute approximate surface area is 186 Å². The number of allylic oxidation sites excluding steroid dienone is 1. The number of benzene rings is 2. The molecule has 2 fully saturated rings. The minimum atomic E-state index is 0. The molecule has 0 radical (unpaired) electrons. The molecule has 5 nitrogen and oxygen atoms in total. The van der Waals surface area contributed by atoms with Gasteiger partial charge in [-0.05, 0) is 48.3 Å². The largest absolute Gasteiger partial charge is 0.404 e. The molecule has 1 aliphatic heterocycles. The zero-order chi connectivity index (χ0) is 21.6. The minimum Gasteiger partial charge on any atom is -0.404 e. The second-order valence-electron chi connectivity index (χ2n) is 8.65. The normalized spacial score (nSPS) is 22.0. The standard InChI is InChI=1S/C26H32N4O.H2/c1-28-18-23(17-27)22-9-5-6-20(15-22)14-19-10-12-30(13-11-19)26(31)29-25-16-24(25)21-7-3-2-4-8-21;/h2-9,15,17-19,24-25H,10-14,16,27H2,1H3,(H,29,31);1H/b23-17+,28-18?;. The van der Waals surface area contributed by atoms with Crippen LogP contribution in [0, 0.1) is 5.92 Å². The lowest BCUT2D eigenvalue weighted by Crippen LogP contribution is -2.45. The number of likely N-dealkylation sites (tertiary alicyclic amines) is 1. The second kappa shape index (κ2) is 9.82. The zero-order valence-electron chi connectivity index (χ0n) is 18.2. The Bertz CT molecular complexity index is 951. The van der Waals surface area contributed by atoms with E-state index in [-0.39, 0.29) is 13.5 Å². The van der Waals surface area contributed by atoms with Crippen molar-refractivity contribution in [2.45, 2.75) is 37.6 Å². The average molecular weight is 419 g/mol. The van der Waals surface area contributed by atoms with Gasteiger partial charge >= 0.3 is 6.03 Å². The quantitative estimate of drug-likeness (QED) is 0.680. The van der Waals surface area contributed by atoms with Crippen LogP contribution in [-0.2, 0) is 6.42 Å². The van der Waals surface area contributed by atoms with Crippen molar-refractivity contribution >= 4 is 17.8 Å². The summed E-state index contributed by atoms with van der Waals surface area (Å²) >= 11 is 0. The third-order valence-electron chi connectivity index (χ3n) is 6.46. The van der Waals surface area contributed by atoms with Crippen molar-refractivity contribution in [2.75, 3.05) is 20.1 Å². The highest BCUT2D eigenvalue weighted by Crippen LogP contribution is 2.40. The topological polar surface area (TPSA) is 70.7 Å². The molecule has 2 amide bonds. The zero-order valence-corrected chi connectivity index (χ0v) is 18.2. The summed E-state index contributed by atoms with van der Waals surface area (Å²) in [5.74, 6) is 1.07. The van der Waals surface area contributed by atoms with Crippen molar-refractivity contribution in [2.24, 2.45) is 16.6 Å². The molecule has 2 aliphatic rings. The van der Waals surface area contributed by atoms with Crippen LogP contribution in [0.2, 0.25) is 0 Å². The first-order chi connectivity index (χ1) is 15.2. The van der Waals surface area contributed by atoms with E-state index in [2.05, 4.69) is 58.8 Å². The molecule has 1 saturated carbocycles. The van der Waals surface area contributed by atoms with Crippen molar-refractivity contribution in [1.29, 1.82) is 0 Å². The van der Waals surface area contributed by atoms with Gasteiger partial charge in [0.15, 0.2) is 0 Å². The van der Waals surface area contributed by atoms with Gasteiger partial charge in [0.25, 0.3) is 0 Å². The predicted molar refractivity (Wildman–Crippen MR) is 129 cm³/mol. The fraction of sp³-hybridized carbons (Fsp3) is 0.385. The molecule has 0 bridgehead atoms. The van der Waals surface area contributed by atoms with Crippen LogP contribution in [-0.4, -0.2) is 43.3 Å². The molecule has 1 saturated heterocycles. The van der Waals surface area contributed by atoms with Crippen LogP contribution in [0.25, 0.3) is 5.57 Å². The fourth-order valence-corrected chi connectivity index (χ4v) is 4.58. The average Bonchev–Trinajstić information content (AvgIpc) is 3.58. The van der Waals surface area contributed by atoms with Crippen LogP contribution >= 0.6 is 0 Å². The summed E-state index contributed by atoms with van der Waals surface area (Å²) < 4.78 is 0. The van der Waals surface area contributed by atoms with Gasteiger partial charge in [-0.2, -0.15) is 0 Å². The SMILES string of the molecule is CN=C/C(=C\N)c1cccc(CC2CCN(C(=O)NC3CC3c3ccccc3)CC2)c1.[HH]. The van der Waals surface area contributed by atoms with Crippen molar-refractivity contribution in [3.63, 3.8) is 0 Å². The van der Waals surface area contributed by atoms with Crippen LogP contribution < -0.4 is 11.1 Å². The lowest BCUT2D eigenvalue weighted by atomic mass is 9.89. The molecule has 2 atom stereocenters. The minimum absolute atomic E-state index is 0. The second-order valence-corrected chi connectivity index (χ2v) is 8.65. The first kappa shape index (κ1) is 21.2. The highest BCUT2D eigenvalue weighted by atomic mass is 16.2. The van der Waals surface area contributed by atoms with Crippen LogP contribution in [0.15, 0.2) is 65.8 Å². The number of carbonyl (C=O) groups excluding carboxylic acids is 1. The third-order valence-corrected chi connectivity index (χ3v) is 6.46. The highest BCUT2D eigenvalue weighted by Gasteiger charge is 2.40. The van der Waals surface area contributed by atoms with Crippen LogP contribution in [0.5, 0.6) is 0 Å². The predicted octanol–water partition coefficient (Wildman–Crippen LogP) is 4.45. The van der Waals surface area contributed by atoms with Crippen LogP contribution in [0.4, 0.5) is 4.79 Å². The first-order valence-electron chi connectivity index (χ1n) is 11.2. The van der Waals surface area contributed by atoms with Crippen molar-refractivity contribution in [1.82, 2.24) is 10.2 Å². The molecule has 5 heteroatoms. The van der Waals surface area contributed by atoms with E-state index in [1.807, 2.05) is 11.0 Å². The number of hydrogen-bond acceptors (Lipinski definition) is 3. The van der Waals surface area contributed by atoms with Gasteiger partial charge < -0.3 is 16.0 Å². The van der Waals surface area contributed by atoms with Crippen LogP contribution in [0.1, 0.15) is 43.3 Å². The Morgan fingerprint density at radius 2 is 1.97 bits per heavy atom. The maximum Gasteiger partial charge on any atom is 0.317 e. The van der Waals surface area contributed by atoms with Crippen molar-refractivity contribution in [3.8, 4) is 0 Å². The maximum atomic E-state index is 12.7. The molecule has 2 aromatic rings. The number of carbonyl (C=O) groups is 1. The van der Waals surface area contributed by atoms with Gasteiger partial charge in [-0.1, -0.05) is 54.6 Å². The van der Waals surface area contributed by atoms with Crippen molar-refractivity contribution < 1.29 is 6.22 Å². The number of amides is 2. The molecule has 2 unspecified atom stereocenters. The van der Waals surface area contributed by atoms with Gasteiger partial charge in [-0.3, -0.25) is 4.99 Å². The number of rotatable bonds is 6. The molecule has 164 valence electrons. The van der Waals surface area contributed by atoms with Gasteiger partial charge in [0.2, 0.25) is 0 Å². The van der Waals surface area contributed by atoms with E-state index >= 15 is 0 Å². The maximum absolute atomic E-state index is 12.7. The van der Waals surface area contributed by atoms with Gasteiger partial charge in [-0.25, -0.2) is 4.79 Å². The Balaban J connectivity index is 0.00000289. The number of hydrogen-bond donors (Lipinski definition) is 2. The van der Waals surface area contributed by atoms with Gasteiger partial charge in [0.1, 0.15) is 0 Å². The van der Waals surface area contributed by atoms with E-state index in [1.165, 1.54) is 11.1 Å². The Morgan fingerprint density at radius 3 is 2.68 bits per heavy atom. The van der Waals surface area contributed by atoms with E-state index in [9.17, 15) is 4.79 Å². The van der Waals surface area contributed by atoms with Gasteiger partial charge in [-0.15, -0.1) is 0 Å². The van der Waals surface area contributed by atoms with E-state index < -0.39 is 0 Å². The molecule has 1 heterocycles. The number of urea groups is 1. The van der Waals surface area contributed by atoms with E-state index in [1.54, 1.807) is 19.5 Å². The molecule has 0 spiro atoms. The van der Waals surface area contributed by atoms with Gasteiger partial charge in [0, 0.05) is 51.5 Å². The lowest BCUT2D eigenvalue weighted by molar-refractivity contribution is 0.170. The number of aliphatic imine (C=N–C) groups is 1. The third kappa shape index (κ3) is 5.35. The first-order valence-corrected chi connectivity index (χ1v) is 11.2. The summed E-state index contributed by atoms with van der Waals surface area (Å²) in [7, 11) is 1.75. The molecule has 2 aromatic carbocycles. The number of nitrogens with two attached hydrogens (primary N) is 1. The summed E-state index contributed by atoms with van der Waals surface area (Å²) in [6.07, 6.45) is 7.55. The van der Waals surface area contributed by atoms with E-state index in [0.29, 0.717) is 11.8 Å². The lowest BCUT2D eigenvalue weighted by Gasteiger charge is -2.32. The number of piperidine rings is 1. The summed E-state index contributed by atoms with van der Waals surface area (Å²) in [5.41, 5.74) is 10.4. The fourth-order valence-electron chi connectivity index (χ4n) is 4.58. The molecule has 0 aromatic heterocycles.